The Kier molecular flexibility index (Phi) is 3.66. The zero-order chi connectivity index (χ0) is 13.3. The number of aryl methyl sites for hydroxylation is 2. The van der Waals surface area contributed by atoms with Crippen LogP contribution in [0.4, 0.5) is 0 Å². The van der Waals surface area contributed by atoms with E-state index in [1.807, 2.05) is 6.20 Å². The van der Waals surface area contributed by atoms with Crippen LogP contribution < -0.4 is 4.74 Å². The monoisotopic (exact) mass is 262 g/mol. The van der Waals surface area contributed by atoms with E-state index in [2.05, 4.69) is 49.4 Å². The number of nitrogens with zero attached hydrogens (tertiary/aromatic N) is 1. The first kappa shape index (κ1) is 13.0. The number of methoxy groups -OCH3 is 1. The summed E-state index contributed by atoms with van der Waals surface area (Å²) in [7, 11) is 1.71. The van der Waals surface area contributed by atoms with Crippen LogP contribution in [0.15, 0.2) is 12.3 Å². The summed E-state index contributed by atoms with van der Waals surface area (Å²) in [6, 6.07) is 2.17. The van der Waals surface area contributed by atoms with Crippen molar-refractivity contribution in [3.05, 3.63) is 34.8 Å². The summed E-state index contributed by atoms with van der Waals surface area (Å²) in [5, 5.41) is 0. The second-order valence-corrected chi connectivity index (χ2v) is 4.76. The molecule has 0 saturated heterocycles. The summed E-state index contributed by atoms with van der Waals surface area (Å²) in [5.74, 6) is 2.39. The molecule has 0 radical (unpaired) electrons. The minimum atomic E-state index is 0.603. The molecule has 18 heavy (non-hydrogen) atoms. The first-order valence-corrected chi connectivity index (χ1v) is 6.51. The molecular formula is C14H18N2OS. The molecule has 0 aliphatic heterocycles. The molecule has 1 aromatic heterocycles. The Morgan fingerprint density at radius 1 is 1.28 bits per heavy atom. The summed E-state index contributed by atoms with van der Waals surface area (Å²) in [6.07, 6.45) is 1.84. The van der Waals surface area contributed by atoms with Gasteiger partial charge in [0.2, 0.25) is 0 Å². The smallest absolute Gasteiger partial charge is 0.131 e. The van der Waals surface area contributed by atoms with Gasteiger partial charge in [-0.1, -0.05) is 6.07 Å². The van der Waals surface area contributed by atoms with Gasteiger partial charge in [-0.3, -0.25) is 0 Å². The fraction of sp³-hybridized carbons (Fsp3) is 0.357. The molecule has 3 nitrogen and oxygen atoms in total. The summed E-state index contributed by atoms with van der Waals surface area (Å²) in [4.78, 5) is 7.57. The van der Waals surface area contributed by atoms with Gasteiger partial charge in [-0.25, -0.2) is 4.98 Å². The highest BCUT2D eigenvalue weighted by Crippen LogP contribution is 2.36. The predicted molar refractivity (Wildman–Crippen MR) is 77.5 cm³/mol. The molecule has 4 heteroatoms. The van der Waals surface area contributed by atoms with Crippen molar-refractivity contribution < 1.29 is 4.74 Å². The molecule has 0 amide bonds. The van der Waals surface area contributed by atoms with Gasteiger partial charge in [-0.2, -0.15) is 12.6 Å². The third-order valence-electron chi connectivity index (χ3n) is 3.24. The van der Waals surface area contributed by atoms with Crippen molar-refractivity contribution in [1.82, 2.24) is 9.97 Å². The lowest BCUT2D eigenvalue weighted by molar-refractivity contribution is 0.412. The van der Waals surface area contributed by atoms with Gasteiger partial charge in [0.05, 0.1) is 19.0 Å². The third-order valence-corrected chi connectivity index (χ3v) is 3.54. The largest absolute Gasteiger partial charge is 0.496 e. The van der Waals surface area contributed by atoms with Gasteiger partial charge in [-0.15, -0.1) is 0 Å². The maximum Gasteiger partial charge on any atom is 0.131 e. The van der Waals surface area contributed by atoms with E-state index in [0.717, 1.165) is 22.8 Å². The Hall–Kier alpha value is -1.42. The van der Waals surface area contributed by atoms with Gasteiger partial charge in [0, 0.05) is 11.3 Å². The van der Waals surface area contributed by atoms with Crippen molar-refractivity contribution in [3.8, 4) is 17.0 Å². The topological polar surface area (TPSA) is 37.9 Å². The molecule has 0 bridgehead atoms. The predicted octanol–water partition coefficient (Wildman–Crippen LogP) is 3.44. The first-order valence-electron chi connectivity index (χ1n) is 5.88. The van der Waals surface area contributed by atoms with E-state index < -0.39 is 0 Å². The van der Waals surface area contributed by atoms with Crippen molar-refractivity contribution in [2.24, 2.45) is 0 Å². The van der Waals surface area contributed by atoms with Crippen molar-refractivity contribution >= 4 is 12.6 Å². The van der Waals surface area contributed by atoms with Gasteiger partial charge in [0.15, 0.2) is 0 Å². The van der Waals surface area contributed by atoms with E-state index in [1.165, 1.54) is 16.7 Å². The quantitative estimate of drug-likeness (QED) is 0.832. The number of aromatic nitrogens is 2. The molecule has 0 aliphatic rings. The van der Waals surface area contributed by atoms with Gasteiger partial charge in [0.1, 0.15) is 11.6 Å². The van der Waals surface area contributed by atoms with Crippen molar-refractivity contribution in [2.45, 2.75) is 26.5 Å². The molecule has 0 atom stereocenters. The molecule has 2 rings (SSSR count). The lowest BCUT2D eigenvalue weighted by Crippen LogP contribution is -1.97. The van der Waals surface area contributed by atoms with Crippen molar-refractivity contribution in [2.75, 3.05) is 7.11 Å². The average Bonchev–Trinajstić information content (AvgIpc) is 2.81. The maximum absolute atomic E-state index is 5.57. The van der Waals surface area contributed by atoms with Gasteiger partial charge >= 0.3 is 0 Å². The Balaban J connectivity index is 2.66. The zero-order valence-electron chi connectivity index (χ0n) is 11.2. The Morgan fingerprint density at radius 3 is 2.56 bits per heavy atom. The highest BCUT2D eigenvalue weighted by atomic mass is 32.1. The number of imidazole rings is 1. The summed E-state index contributed by atoms with van der Waals surface area (Å²) >= 11 is 4.22. The molecule has 96 valence electrons. The van der Waals surface area contributed by atoms with Crippen molar-refractivity contribution in [3.63, 3.8) is 0 Å². The second kappa shape index (κ2) is 5.06. The molecule has 1 heterocycles. The van der Waals surface area contributed by atoms with Crippen LogP contribution in [0, 0.1) is 20.8 Å². The molecule has 0 fully saturated rings. The minimum absolute atomic E-state index is 0.603. The Labute approximate surface area is 113 Å². The highest BCUT2D eigenvalue weighted by molar-refractivity contribution is 7.79. The van der Waals surface area contributed by atoms with E-state index in [0.29, 0.717) is 5.75 Å². The lowest BCUT2D eigenvalue weighted by Gasteiger charge is -2.15. The molecule has 0 saturated carbocycles. The van der Waals surface area contributed by atoms with Crippen molar-refractivity contribution in [1.29, 1.82) is 0 Å². The van der Waals surface area contributed by atoms with Crippen LogP contribution in [-0.4, -0.2) is 17.1 Å². The van der Waals surface area contributed by atoms with Gasteiger partial charge in [0.25, 0.3) is 0 Å². The number of rotatable bonds is 3. The van der Waals surface area contributed by atoms with E-state index in [-0.39, 0.29) is 0 Å². The fourth-order valence-electron chi connectivity index (χ4n) is 2.21. The number of hydrogen-bond donors (Lipinski definition) is 2. The van der Waals surface area contributed by atoms with Gasteiger partial charge in [-0.05, 0) is 37.5 Å². The number of nitrogens with one attached hydrogen (secondary N) is 1. The summed E-state index contributed by atoms with van der Waals surface area (Å²) in [5.41, 5.74) is 5.66. The number of thiol groups is 1. The van der Waals surface area contributed by atoms with Crippen LogP contribution in [0.25, 0.3) is 11.3 Å². The Bertz CT molecular complexity index is 575. The molecule has 2 aromatic rings. The molecule has 0 aliphatic carbocycles. The number of benzene rings is 1. The number of ether oxygens (including phenoxy) is 1. The number of H-pyrrole nitrogens is 1. The van der Waals surface area contributed by atoms with E-state index in [9.17, 15) is 0 Å². The number of hydrogen-bond acceptors (Lipinski definition) is 3. The molecule has 0 spiro atoms. The normalized spacial score (nSPS) is 10.7. The van der Waals surface area contributed by atoms with Crippen LogP contribution >= 0.6 is 12.6 Å². The maximum atomic E-state index is 5.57. The van der Waals surface area contributed by atoms with Crippen LogP contribution in [0.3, 0.4) is 0 Å². The highest BCUT2D eigenvalue weighted by Gasteiger charge is 2.15. The first-order chi connectivity index (χ1) is 8.58. The second-order valence-electron chi connectivity index (χ2n) is 4.45. The van der Waals surface area contributed by atoms with E-state index in [1.54, 1.807) is 7.11 Å². The van der Waals surface area contributed by atoms with Gasteiger partial charge < -0.3 is 9.72 Å². The standard InChI is InChI=1S/C14H18N2OS/c1-8-5-9(2)13(14(17-4)10(8)3)11-6-15-12(7-18)16-11/h5-6,18H,7H2,1-4H3,(H,15,16). The molecule has 0 unspecified atom stereocenters. The van der Waals surface area contributed by atoms with E-state index >= 15 is 0 Å². The van der Waals surface area contributed by atoms with Crippen LogP contribution in [0.5, 0.6) is 5.75 Å². The lowest BCUT2D eigenvalue weighted by atomic mass is 9.97. The van der Waals surface area contributed by atoms with E-state index in [4.69, 9.17) is 4.74 Å². The molecule has 1 aromatic carbocycles. The molecular weight excluding hydrogens is 244 g/mol. The third kappa shape index (κ3) is 2.12. The van der Waals surface area contributed by atoms with Crippen LogP contribution in [0.1, 0.15) is 22.5 Å². The number of aromatic amines is 1. The van der Waals surface area contributed by atoms with Crippen LogP contribution in [-0.2, 0) is 5.75 Å². The average molecular weight is 262 g/mol. The minimum Gasteiger partial charge on any atom is -0.496 e. The summed E-state index contributed by atoms with van der Waals surface area (Å²) in [6.45, 7) is 6.26. The molecule has 1 N–H and O–H groups in total. The van der Waals surface area contributed by atoms with Crippen LogP contribution in [0.2, 0.25) is 0 Å². The summed E-state index contributed by atoms with van der Waals surface area (Å²) < 4.78 is 5.57. The fourth-order valence-corrected chi connectivity index (χ4v) is 2.37. The zero-order valence-corrected chi connectivity index (χ0v) is 12.1. The Morgan fingerprint density at radius 2 is 2.00 bits per heavy atom. The SMILES string of the molecule is COc1c(C)c(C)cc(C)c1-c1cnc(CS)[nH]1.